The highest BCUT2D eigenvalue weighted by Crippen LogP contribution is 2.20. The highest BCUT2D eigenvalue weighted by atomic mass is 19.1. The van der Waals surface area contributed by atoms with E-state index in [0.29, 0.717) is 17.8 Å². The molecule has 0 radical (unpaired) electrons. The molecule has 1 aliphatic heterocycles. The standard InChI is InChI=1S/C13H17FN2O2/c1-8-5-9(15)6-11(12(8)14)13(17)18-10-3-4-16(2)7-10/h5-6,10H,3-4,7,15H2,1-2H3. The van der Waals surface area contributed by atoms with Crippen molar-refractivity contribution in [1.82, 2.24) is 4.90 Å². The predicted octanol–water partition coefficient (Wildman–Crippen LogP) is 1.58. The fourth-order valence-corrected chi connectivity index (χ4v) is 2.15. The van der Waals surface area contributed by atoms with Gasteiger partial charge in [0.1, 0.15) is 11.9 Å². The zero-order chi connectivity index (χ0) is 13.3. The number of nitrogen functional groups attached to an aromatic ring is 1. The summed E-state index contributed by atoms with van der Waals surface area (Å²) in [7, 11) is 1.96. The first-order chi connectivity index (χ1) is 8.47. The maximum atomic E-state index is 13.8. The van der Waals surface area contributed by atoms with Gasteiger partial charge >= 0.3 is 5.97 Å². The molecule has 1 saturated heterocycles. The Morgan fingerprint density at radius 1 is 1.56 bits per heavy atom. The molecule has 18 heavy (non-hydrogen) atoms. The Labute approximate surface area is 106 Å². The van der Waals surface area contributed by atoms with Crippen molar-refractivity contribution in [2.24, 2.45) is 0 Å². The van der Waals surface area contributed by atoms with Crippen molar-refractivity contribution in [2.75, 3.05) is 25.9 Å². The summed E-state index contributed by atoms with van der Waals surface area (Å²) in [6, 6.07) is 2.82. The van der Waals surface area contributed by atoms with Crippen LogP contribution in [0.15, 0.2) is 12.1 Å². The van der Waals surface area contributed by atoms with Gasteiger partial charge in [0.2, 0.25) is 0 Å². The van der Waals surface area contributed by atoms with Gasteiger partial charge in [-0.15, -0.1) is 0 Å². The van der Waals surface area contributed by atoms with E-state index in [0.717, 1.165) is 13.0 Å². The molecule has 98 valence electrons. The van der Waals surface area contributed by atoms with Gasteiger partial charge in [-0.05, 0) is 38.1 Å². The summed E-state index contributed by atoms with van der Waals surface area (Å²) in [5.74, 6) is -1.19. The van der Waals surface area contributed by atoms with Crippen LogP contribution >= 0.6 is 0 Å². The van der Waals surface area contributed by atoms with E-state index >= 15 is 0 Å². The summed E-state index contributed by atoms with van der Waals surface area (Å²) in [6.07, 6.45) is 0.620. The molecule has 1 unspecified atom stereocenters. The van der Waals surface area contributed by atoms with E-state index in [-0.39, 0.29) is 11.7 Å². The van der Waals surface area contributed by atoms with Crippen molar-refractivity contribution in [2.45, 2.75) is 19.4 Å². The first-order valence-electron chi connectivity index (χ1n) is 5.92. The summed E-state index contributed by atoms with van der Waals surface area (Å²) < 4.78 is 19.1. The van der Waals surface area contributed by atoms with Crippen LogP contribution in [0.4, 0.5) is 10.1 Å². The van der Waals surface area contributed by atoms with E-state index in [1.165, 1.54) is 12.1 Å². The average Bonchev–Trinajstić information content (AvgIpc) is 2.69. The summed E-state index contributed by atoms with van der Waals surface area (Å²) in [5, 5.41) is 0. The molecule has 1 atom stereocenters. The number of hydrogen-bond acceptors (Lipinski definition) is 4. The molecule has 1 aromatic rings. The third-order valence-electron chi connectivity index (χ3n) is 3.12. The van der Waals surface area contributed by atoms with Crippen LogP contribution < -0.4 is 5.73 Å². The lowest BCUT2D eigenvalue weighted by Gasteiger charge is -2.13. The van der Waals surface area contributed by atoms with Crippen LogP contribution in [0.5, 0.6) is 0 Å². The van der Waals surface area contributed by atoms with Gasteiger partial charge in [-0.3, -0.25) is 0 Å². The number of benzene rings is 1. The predicted molar refractivity (Wildman–Crippen MR) is 66.9 cm³/mol. The van der Waals surface area contributed by atoms with Crippen LogP contribution in [-0.4, -0.2) is 37.1 Å². The average molecular weight is 252 g/mol. The quantitative estimate of drug-likeness (QED) is 0.641. The fourth-order valence-electron chi connectivity index (χ4n) is 2.15. The lowest BCUT2D eigenvalue weighted by molar-refractivity contribution is 0.0322. The minimum Gasteiger partial charge on any atom is -0.457 e. The molecule has 2 N–H and O–H groups in total. The molecule has 0 spiro atoms. The van der Waals surface area contributed by atoms with E-state index in [1.54, 1.807) is 6.92 Å². The zero-order valence-corrected chi connectivity index (χ0v) is 10.6. The molecule has 0 saturated carbocycles. The maximum absolute atomic E-state index is 13.8. The minimum absolute atomic E-state index is 0.0814. The molecule has 1 heterocycles. The van der Waals surface area contributed by atoms with Gasteiger partial charge in [0.15, 0.2) is 0 Å². The van der Waals surface area contributed by atoms with Gasteiger partial charge in [0, 0.05) is 18.8 Å². The molecular formula is C13H17FN2O2. The minimum atomic E-state index is -0.636. The number of carbonyl (C=O) groups is 1. The Balaban J connectivity index is 2.14. The van der Waals surface area contributed by atoms with Gasteiger partial charge in [-0.1, -0.05) is 0 Å². The molecule has 1 fully saturated rings. The molecule has 0 amide bonds. The Kier molecular flexibility index (Phi) is 3.52. The maximum Gasteiger partial charge on any atom is 0.341 e. The van der Waals surface area contributed by atoms with Gasteiger partial charge in [-0.25, -0.2) is 9.18 Å². The van der Waals surface area contributed by atoms with E-state index in [4.69, 9.17) is 10.5 Å². The van der Waals surface area contributed by atoms with Crippen LogP contribution in [0, 0.1) is 12.7 Å². The number of ether oxygens (including phenoxy) is 1. The van der Waals surface area contributed by atoms with Crippen LogP contribution in [0.3, 0.4) is 0 Å². The first kappa shape index (κ1) is 12.8. The Bertz CT molecular complexity index is 476. The van der Waals surface area contributed by atoms with Crippen molar-refractivity contribution in [3.05, 3.63) is 29.1 Å². The molecule has 4 nitrogen and oxygen atoms in total. The number of nitrogens with two attached hydrogens (primary N) is 1. The fraction of sp³-hybridized carbons (Fsp3) is 0.462. The number of esters is 1. The first-order valence-corrected chi connectivity index (χ1v) is 5.92. The number of nitrogens with zero attached hydrogens (tertiary/aromatic N) is 1. The molecule has 5 heteroatoms. The second-order valence-corrected chi connectivity index (χ2v) is 4.78. The monoisotopic (exact) mass is 252 g/mol. The number of aryl methyl sites for hydroxylation is 1. The molecule has 0 aliphatic carbocycles. The Hall–Kier alpha value is -1.62. The number of likely N-dealkylation sites (N-methyl/N-ethyl adjacent to an activating group) is 1. The lowest BCUT2D eigenvalue weighted by Crippen LogP contribution is -2.23. The van der Waals surface area contributed by atoms with Crippen LogP contribution in [0.1, 0.15) is 22.3 Å². The molecule has 0 bridgehead atoms. The molecule has 1 aromatic carbocycles. The van der Waals surface area contributed by atoms with Crippen molar-refractivity contribution < 1.29 is 13.9 Å². The topological polar surface area (TPSA) is 55.6 Å². The number of hydrogen-bond donors (Lipinski definition) is 1. The van der Waals surface area contributed by atoms with Crippen molar-refractivity contribution in [1.29, 1.82) is 0 Å². The van der Waals surface area contributed by atoms with Gasteiger partial charge < -0.3 is 15.4 Å². The molecule has 0 aromatic heterocycles. The molecular weight excluding hydrogens is 235 g/mol. The Morgan fingerprint density at radius 2 is 2.28 bits per heavy atom. The highest BCUT2D eigenvalue weighted by molar-refractivity contribution is 5.91. The zero-order valence-electron chi connectivity index (χ0n) is 10.6. The number of carbonyl (C=O) groups excluding carboxylic acids is 1. The Morgan fingerprint density at radius 3 is 2.89 bits per heavy atom. The van der Waals surface area contributed by atoms with E-state index < -0.39 is 11.8 Å². The third-order valence-corrected chi connectivity index (χ3v) is 3.12. The van der Waals surface area contributed by atoms with Gasteiger partial charge in [0.05, 0.1) is 5.56 Å². The van der Waals surface area contributed by atoms with E-state index in [9.17, 15) is 9.18 Å². The van der Waals surface area contributed by atoms with Crippen LogP contribution in [-0.2, 0) is 4.74 Å². The van der Waals surface area contributed by atoms with Crippen molar-refractivity contribution >= 4 is 11.7 Å². The SMILES string of the molecule is Cc1cc(N)cc(C(=O)OC2CCN(C)C2)c1F. The number of likely N-dealkylation sites (tertiary alicyclic amines) is 1. The highest BCUT2D eigenvalue weighted by Gasteiger charge is 2.25. The van der Waals surface area contributed by atoms with Crippen molar-refractivity contribution in [3.63, 3.8) is 0 Å². The lowest BCUT2D eigenvalue weighted by atomic mass is 10.1. The van der Waals surface area contributed by atoms with Gasteiger partial charge in [-0.2, -0.15) is 0 Å². The third kappa shape index (κ3) is 2.61. The summed E-state index contributed by atoms with van der Waals surface area (Å²) in [5.41, 5.74) is 6.25. The number of rotatable bonds is 2. The summed E-state index contributed by atoms with van der Waals surface area (Å²) in [4.78, 5) is 14.0. The molecule has 1 aliphatic rings. The second-order valence-electron chi connectivity index (χ2n) is 4.78. The smallest absolute Gasteiger partial charge is 0.341 e. The number of anilines is 1. The normalized spacial score (nSPS) is 20.1. The van der Waals surface area contributed by atoms with Gasteiger partial charge in [0.25, 0.3) is 0 Å². The second kappa shape index (κ2) is 4.94. The van der Waals surface area contributed by atoms with E-state index in [1.807, 2.05) is 7.05 Å². The van der Waals surface area contributed by atoms with Crippen LogP contribution in [0.2, 0.25) is 0 Å². The van der Waals surface area contributed by atoms with Crippen LogP contribution in [0.25, 0.3) is 0 Å². The largest absolute Gasteiger partial charge is 0.457 e. The summed E-state index contributed by atoms with van der Waals surface area (Å²) >= 11 is 0. The van der Waals surface area contributed by atoms with E-state index in [2.05, 4.69) is 4.90 Å². The summed E-state index contributed by atoms with van der Waals surface area (Å²) in [6.45, 7) is 3.15. The number of halogens is 1. The molecule has 2 rings (SSSR count). The van der Waals surface area contributed by atoms with Crippen molar-refractivity contribution in [3.8, 4) is 0 Å².